The van der Waals surface area contributed by atoms with Crippen LogP contribution in [0.4, 0.5) is 5.82 Å². The summed E-state index contributed by atoms with van der Waals surface area (Å²) < 4.78 is 47.6. The number of nitrogens with zero attached hydrogens (tertiary/aromatic N) is 4. The molecule has 1 aliphatic rings. The van der Waals surface area contributed by atoms with Crippen LogP contribution in [-0.4, -0.2) is 45.7 Å². The van der Waals surface area contributed by atoms with Crippen molar-refractivity contribution in [3.8, 4) is 0 Å². The summed E-state index contributed by atoms with van der Waals surface area (Å²) in [7, 11) is -16.1. The van der Waals surface area contributed by atoms with Gasteiger partial charge in [-0.25, -0.2) is 28.6 Å². The highest BCUT2D eigenvalue weighted by Crippen LogP contribution is 2.66. The summed E-state index contributed by atoms with van der Waals surface area (Å²) in [6, 6.07) is -0.0381. The lowest BCUT2D eigenvalue weighted by Crippen LogP contribution is -2.09. The van der Waals surface area contributed by atoms with Gasteiger partial charge in [0.25, 0.3) is 0 Å². The van der Waals surface area contributed by atoms with Crippen molar-refractivity contribution in [1.29, 1.82) is 0 Å². The van der Waals surface area contributed by atoms with Gasteiger partial charge in [-0.1, -0.05) is 0 Å². The molecule has 2 aromatic rings. The number of nitrogen functional groups attached to an aromatic ring is 1. The lowest BCUT2D eigenvalue weighted by Gasteiger charge is -2.18. The fourth-order valence-electron chi connectivity index (χ4n) is 3.09. The molecule has 4 atom stereocenters. The zero-order chi connectivity index (χ0) is 21.4. The topological polar surface area (TPSA) is 229 Å². The Morgan fingerprint density at radius 2 is 1.79 bits per heavy atom. The van der Waals surface area contributed by atoms with Gasteiger partial charge in [-0.2, -0.15) is 8.62 Å². The molecular weight excluding hydrogens is 455 g/mol. The smallest absolute Gasteiger partial charge is 0.382 e. The molecule has 2 unspecified atom stereocenters. The Labute approximate surface area is 163 Å². The molecule has 0 aliphatic heterocycles. The SMILES string of the molecule is Nc1ncnc2c1ncn2[C@H]1CC[C@@H](COP(=O)(O)OP(=O)(O)OP(=O)(O)O)C1. The summed E-state index contributed by atoms with van der Waals surface area (Å²) in [6.45, 7) is -0.302. The normalized spacial score (nSPS) is 24.4. The first kappa shape index (κ1) is 22.4. The van der Waals surface area contributed by atoms with Crippen LogP contribution in [0.25, 0.3) is 11.2 Å². The zero-order valence-electron chi connectivity index (χ0n) is 14.6. The van der Waals surface area contributed by atoms with E-state index in [1.165, 1.54) is 6.33 Å². The molecule has 3 rings (SSSR count). The number of fused-ring (bicyclic) bond motifs is 1. The van der Waals surface area contributed by atoms with Crippen molar-refractivity contribution >= 4 is 40.4 Å². The minimum Gasteiger partial charge on any atom is -0.382 e. The van der Waals surface area contributed by atoms with Crippen LogP contribution in [0.5, 0.6) is 0 Å². The van der Waals surface area contributed by atoms with E-state index in [0.717, 1.165) is 0 Å². The zero-order valence-corrected chi connectivity index (χ0v) is 17.3. The van der Waals surface area contributed by atoms with Crippen LogP contribution in [0.2, 0.25) is 0 Å². The van der Waals surface area contributed by atoms with E-state index in [4.69, 9.17) is 20.4 Å². The van der Waals surface area contributed by atoms with E-state index in [1.54, 1.807) is 6.33 Å². The van der Waals surface area contributed by atoms with E-state index in [1.807, 2.05) is 4.57 Å². The van der Waals surface area contributed by atoms with E-state index in [2.05, 4.69) is 28.1 Å². The van der Waals surface area contributed by atoms with Gasteiger partial charge in [-0.15, -0.1) is 0 Å². The predicted octanol–water partition coefficient (Wildman–Crippen LogP) is 1.09. The van der Waals surface area contributed by atoms with Gasteiger partial charge in [0.2, 0.25) is 0 Å². The van der Waals surface area contributed by atoms with E-state index < -0.39 is 23.5 Å². The standard InChI is InChI=1S/C11H18N5O10P3/c12-10-9-11(14-5-13-10)16(6-15-9)8-2-1-7(3-8)4-24-28(20,21)26-29(22,23)25-27(17,18)19/h5-8H,1-4H2,(H,20,21)(H,22,23)(H2,12,13,14)(H2,17,18,19)/t7-,8+/m1/s1. The Morgan fingerprint density at radius 3 is 2.48 bits per heavy atom. The number of anilines is 1. The summed E-state index contributed by atoms with van der Waals surface area (Å²) in [6.07, 6.45) is 4.69. The summed E-state index contributed by atoms with van der Waals surface area (Å²) in [5.41, 5.74) is 6.77. The molecule has 0 radical (unpaired) electrons. The van der Waals surface area contributed by atoms with E-state index in [-0.39, 0.29) is 24.4 Å². The van der Waals surface area contributed by atoms with Gasteiger partial charge >= 0.3 is 23.5 Å². The average Bonchev–Trinajstić information content (AvgIpc) is 3.16. The molecule has 15 nitrogen and oxygen atoms in total. The van der Waals surface area contributed by atoms with Crippen molar-refractivity contribution in [2.75, 3.05) is 12.3 Å². The largest absolute Gasteiger partial charge is 0.490 e. The third-order valence-corrected chi connectivity index (χ3v) is 7.99. The summed E-state index contributed by atoms with van der Waals surface area (Å²) in [5.74, 6) is 0.0393. The maximum atomic E-state index is 11.8. The number of hydrogen-bond acceptors (Lipinski definition) is 10. The molecule has 1 saturated carbocycles. The Balaban J connectivity index is 1.58. The highest BCUT2D eigenvalue weighted by Gasteiger charge is 2.41. The molecular formula is C11H18N5O10P3. The molecule has 0 amide bonds. The van der Waals surface area contributed by atoms with Crippen molar-refractivity contribution < 1.29 is 46.4 Å². The van der Waals surface area contributed by atoms with Crippen LogP contribution in [0.15, 0.2) is 12.7 Å². The van der Waals surface area contributed by atoms with Crippen LogP contribution < -0.4 is 5.73 Å². The monoisotopic (exact) mass is 473 g/mol. The molecule has 0 spiro atoms. The van der Waals surface area contributed by atoms with Gasteiger partial charge in [0, 0.05) is 6.04 Å². The van der Waals surface area contributed by atoms with Crippen molar-refractivity contribution in [2.24, 2.45) is 5.92 Å². The third-order valence-electron chi connectivity index (χ3n) is 4.18. The summed E-state index contributed by atoms with van der Waals surface area (Å²) in [4.78, 5) is 47.9. The Morgan fingerprint density at radius 1 is 1.07 bits per heavy atom. The van der Waals surface area contributed by atoms with Crippen LogP contribution >= 0.6 is 23.5 Å². The van der Waals surface area contributed by atoms with Crippen molar-refractivity contribution in [3.63, 3.8) is 0 Å². The van der Waals surface area contributed by atoms with Gasteiger partial charge in [-0.3, -0.25) is 4.52 Å². The Kier molecular flexibility index (Phi) is 6.29. The van der Waals surface area contributed by atoms with Crippen molar-refractivity contribution in [1.82, 2.24) is 19.5 Å². The molecule has 162 valence electrons. The number of phosphoric acid groups is 3. The number of hydrogen-bond donors (Lipinski definition) is 5. The van der Waals surface area contributed by atoms with Gasteiger partial charge in [0.1, 0.15) is 11.8 Å². The van der Waals surface area contributed by atoms with Gasteiger partial charge in [0.05, 0.1) is 12.9 Å². The second-order valence-electron chi connectivity index (χ2n) is 6.30. The molecule has 2 aromatic heterocycles. The molecule has 6 N–H and O–H groups in total. The number of nitrogens with two attached hydrogens (primary N) is 1. The molecule has 1 aliphatic carbocycles. The Bertz CT molecular complexity index is 1040. The highest BCUT2D eigenvalue weighted by atomic mass is 31.3. The Hall–Kier alpha value is -1.24. The van der Waals surface area contributed by atoms with Crippen LogP contribution in [0.1, 0.15) is 25.3 Å². The van der Waals surface area contributed by atoms with Gasteiger partial charge in [-0.05, 0) is 25.2 Å². The van der Waals surface area contributed by atoms with Gasteiger partial charge in [0.15, 0.2) is 11.5 Å². The molecule has 29 heavy (non-hydrogen) atoms. The first-order valence-electron chi connectivity index (χ1n) is 8.06. The quantitative estimate of drug-likeness (QED) is 0.338. The first-order chi connectivity index (χ1) is 13.4. The molecule has 1 fully saturated rings. The number of phosphoric ester groups is 1. The van der Waals surface area contributed by atoms with Crippen LogP contribution in [-0.2, 0) is 26.8 Å². The van der Waals surface area contributed by atoms with Crippen molar-refractivity contribution in [2.45, 2.75) is 25.3 Å². The van der Waals surface area contributed by atoms with E-state index in [9.17, 15) is 18.6 Å². The maximum Gasteiger partial charge on any atom is 0.490 e. The average molecular weight is 473 g/mol. The highest BCUT2D eigenvalue weighted by molar-refractivity contribution is 7.66. The van der Waals surface area contributed by atoms with Crippen molar-refractivity contribution in [3.05, 3.63) is 12.7 Å². The van der Waals surface area contributed by atoms with Crippen LogP contribution in [0, 0.1) is 5.92 Å². The number of rotatable bonds is 8. The molecule has 18 heteroatoms. The van der Waals surface area contributed by atoms with E-state index in [0.29, 0.717) is 30.4 Å². The van der Waals surface area contributed by atoms with E-state index >= 15 is 0 Å². The lowest BCUT2D eigenvalue weighted by molar-refractivity contribution is 0.153. The van der Waals surface area contributed by atoms with Gasteiger partial charge < -0.3 is 29.9 Å². The maximum absolute atomic E-state index is 11.8. The lowest BCUT2D eigenvalue weighted by atomic mass is 10.1. The third kappa shape index (κ3) is 5.89. The number of imidazole rings is 1. The second-order valence-corrected chi connectivity index (χ2v) is 10.7. The first-order valence-corrected chi connectivity index (χ1v) is 12.6. The minimum atomic E-state index is -5.52. The van der Waals surface area contributed by atoms with Crippen LogP contribution in [0.3, 0.4) is 0 Å². The molecule has 2 heterocycles. The number of aromatic nitrogens is 4. The second kappa shape index (κ2) is 8.12. The predicted molar refractivity (Wildman–Crippen MR) is 95.9 cm³/mol. The molecule has 0 bridgehead atoms. The molecule has 0 saturated heterocycles. The molecule has 0 aromatic carbocycles. The summed E-state index contributed by atoms with van der Waals surface area (Å²) >= 11 is 0. The summed E-state index contributed by atoms with van der Waals surface area (Å²) in [5, 5.41) is 0. The fraction of sp³-hybridized carbons (Fsp3) is 0.545. The minimum absolute atomic E-state index is 0.0381. The fourth-order valence-corrected chi connectivity index (χ4v) is 6.19.